The van der Waals surface area contributed by atoms with Crippen LogP contribution in [0.25, 0.3) is 0 Å². The summed E-state index contributed by atoms with van der Waals surface area (Å²) in [6, 6.07) is 0. The third kappa shape index (κ3) is 12.6. The van der Waals surface area contributed by atoms with E-state index in [0.29, 0.717) is 0 Å². The Kier molecular flexibility index (Phi) is 16.1. The molecule has 48 heavy (non-hydrogen) atoms. The summed E-state index contributed by atoms with van der Waals surface area (Å²) in [5.74, 6) is -5.90. The van der Waals surface area contributed by atoms with Crippen LogP contribution in [-0.2, 0) is 85.7 Å². The van der Waals surface area contributed by atoms with E-state index in [1.165, 1.54) is 0 Å². The van der Waals surface area contributed by atoms with E-state index in [9.17, 15) is 38.7 Å². The van der Waals surface area contributed by atoms with Crippen molar-refractivity contribution in [2.24, 2.45) is 0 Å². The highest BCUT2D eigenvalue weighted by molar-refractivity contribution is 5.69. The fourth-order valence-corrected chi connectivity index (χ4v) is 4.87. The maximum absolute atomic E-state index is 12.4. The second-order valence-corrected chi connectivity index (χ2v) is 10.6. The highest BCUT2D eigenvalue weighted by atomic mass is 16.8. The van der Waals surface area contributed by atoms with E-state index in [1.807, 2.05) is 0 Å². The van der Waals surface area contributed by atoms with Crippen molar-refractivity contribution >= 4 is 41.8 Å². The Morgan fingerprint density at radius 1 is 0.500 bits per heavy atom. The largest absolute Gasteiger partial charge is 0.463 e. The summed E-state index contributed by atoms with van der Waals surface area (Å²) >= 11 is 0. The molecular weight excluding hydrogens is 652 g/mol. The molecule has 1 N–H and O–H groups in total. The van der Waals surface area contributed by atoms with E-state index < -0.39 is 116 Å². The molecular formula is C29H42O19. The molecule has 0 saturated carbocycles. The minimum atomic E-state index is -1.79. The van der Waals surface area contributed by atoms with Crippen LogP contribution < -0.4 is 0 Å². The molecule has 2 aliphatic heterocycles. The lowest BCUT2D eigenvalue weighted by Crippen LogP contribution is -2.67. The first-order valence-electron chi connectivity index (χ1n) is 14.9. The van der Waals surface area contributed by atoms with E-state index in [0.717, 1.165) is 48.5 Å². The predicted octanol–water partition coefficient (Wildman–Crippen LogP) is -0.995. The lowest BCUT2D eigenvalue weighted by atomic mass is 9.96. The molecule has 0 spiro atoms. The van der Waals surface area contributed by atoms with Gasteiger partial charge < -0.3 is 57.2 Å². The molecule has 2 saturated heterocycles. The van der Waals surface area contributed by atoms with E-state index in [4.69, 9.17) is 52.1 Å². The topological polar surface area (TPSA) is 241 Å². The molecule has 2 heterocycles. The number of hydrogen-bond donors (Lipinski definition) is 1. The molecule has 19 heteroatoms. The molecule has 0 amide bonds. The zero-order valence-electron chi connectivity index (χ0n) is 27.6. The van der Waals surface area contributed by atoms with Gasteiger partial charge in [0.05, 0.1) is 6.61 Å². The van der Waals surface area contributed by atoms with Gasteiger partial charge >= 0.3 is 41.8 Å². The molecule has 0 aliphatic carbocycles. The first-order valence-corrected chi connectivity index (χ1v) is 14.9. The summed E-state index contributed by atoms with van der Waals surface area (Å²) in [5.41, 5.74) is 0. The lowest BCUT2D eigenvalue weighted by molar-refractivity contribution is -0.361. The lowest BCUT2D eigenvalue weighted by Gasteiger charge is -2.48. The molecule has 272 valence electrons. The summed E-state index contributed by atoms with van der Waals surface area (Å²) in [4.78, 5) is 84.7. The van der Waals surface area contributed by atoms with Crippen LogP contribution in [0, 0.1) is 0 Å². The summed E-state index contributed by atoms with van der Waals surface area (Å²) in [6.07, 6.45) is -15.3. The van der Waals surface area contributed by atoms with Gasteiger partial charge in [-0.2, -0.15) is 0 Å². The van der Waals surface area contributed by atoms with Gasteiger partial charge in [0.1, 0.15) is 31.5 Å². The average Bonchev–Trinajstić information content (AvgIpc) is 2.95. The molecule has 2 aliphatic rings. The van der Waals surface area contributed by atoms with Crippen molar-refractivity contribution in [3.05, 3.63) is 0 Å². The van der Waals surface area contributed by atoms with Crippen molar-refractivity contribution in [1.29, 1.82) is 0 Å². The Morgan fingerprint density at radius 2 is 0.875 bits per heavy atom. The van der Waals surface area contributed by atoms with Gasteiger partial charge in [0.15, 0.2) is 43.1 Å². The Bertz CT molecular complexity index is 1160. The summed E-state index contributed by atoms with van der Waals surface area (Å²) < 4.78 is 61.4. The van der Waals surface area contributed by atoms with Crippen molar-refractivity contribution in [3.63, 3.8) is 0 Å². The predicted molar refractivity (Wildman–Crippen MR) is 151 cm³/mol. The molecule has 19 nitrogen and oxygen atoms in total. The monoisotopic (exact) mass is 694 g/mol. The van der Waals surface area contributed by atoms with Crippen LogP contribution in [-0.4, -0.2) is 135 Å². The minimum absolute atomic E-state index is 0.1000. The Balaban J connectivity index is 2.71. The van der Waals surface area contributed by atoms with Crippen LogP contribution in [0.1, 0.15) is 54.9 Å². The first-order chi connectivity index (χ1) is 22.5. The molecule has 0 aromatic rings. The van der Waals surface area contributed by atoms with Crippen LogP contribution in [0.2, 0.25) is 0 Å². The van der Waals surface area contributed by atoms with Gasteiger partial charge in [0.25, 0.3) is 0 Å². The SMILES string of the molecule is CC(=O)OCC1OC(OCCCO)[C@H](OC(C)=O)C(OC(C)=O)[C@@H]1O[C@H]1OC(COC(C)=O)[C@@H](OC(C)=O)C(OC(C)=O)[C@H]1OC(C)=O. The number of aliphatic hydroxyl groups is 1. The Morgan fingerprint density at radius 3 is 1.31 bits per heavy atom. The number of rotatable bonds is 15. The first kappa shape index (κ1) is 40.3. The van der Waals surface area contributed by atoms with Gasteiger partial charge in [-0.15, -0.1) is 0 Å². The minimum Gasteiger partial charge on any atom is -0.463 e. The van der Waals surface area contributed by atoms with Crippen LogP contribution in [0.4, 0.5) is 0 Å². The Labute approximate surface area is 275 Å². The Hall–Kier alpha value is -3.91. The van der Waals surface area contributed by atoms with Crippen molar-refractivity contribution in [2.75, 3.05) is 26.4 Å². The van der Waals surface area contributed by atoms with Crippen LogP contribution in [0.5, 0.6) is 0 Å². The van der Waals surface area contributed by atoms with Gasteiger partial charge in [-0.3, -0.25) is 33.6 Å². The van der Waals surface area contributed by atoms with E-state index in [-0.39, 0.29) is 19.6 Å². The molecule has 0 radical (unpaired) electrons. The zero-order chi connectivity index (χ0) is 36.1. The fraction of sp³-hybridized carbons (Fsp3) is 0.759. The average molecular weight is 695 g/mol. The third-order valence-electron chi connectivity index (χ3n) is 6.47. The van der Waals surface area contributed by atoms with Crippen molar-refractivity contribution < 1.29 is 90.8 Å². The normalized spacial score (nSPS) is 29.8. The molecule has 2 rings (SSSR count). The summed E-state index contributed by atoms with van der Waals surface area (Å²) in [7, 11) is 0. The van der Waals surface area contributed by atoms with Crippen LogP contribution in [0.15, 0.2) is 0 Å². The number of carbonyl (C=O) groups is 7. The number of carbonyl (C=O) groups excluding carboxylic acids is 7. The number of ether oxygens (including phenoxy) is 11. The highest BCUT2D eigenvalue weighted by Crippen LogP contribution is 2.35. The smallest absolute Gasteiger partial charge is 0.303 e. The van der Waals surface area contributed by atoms with Crippen LogP contribution in [0.3, 0.4) is 0 Å². The molecule has 0 bridgehead atoms. The second kappa shape index (κ2) is 19.2. The number of aliphatic hydroxyl groups excluding tert-OH is 1. The standard InChI is InChI=1S/C29H42O19/c1-13(31)39-11-20-22(41-15(3)33)24(42-16(4)34)27(45-19(7)37)29(47-20)48-23-21(12-40-14(2)32)46-28(38-10-8-9-30)26(44-18(6)36)25(23)43-17(5)35/h20-30H,8-12H2,1-7H3/t20?,21?,22-,23-,24?,25?,26-,27-,28?,29-/m1/s1. The van der Waals surface area contributed by atoms with Gasteiger partial charge in [-0.1, -0.05) is 0 Å². The van der Waals surface area contributed by atoms with Crippen molar-refractivity contribution in [2.45, 2.75) is 116 Å². The van der Waals surface area contributed by atoms with Gasteiger partial charge in [-0.05, 0) is 6.42 Å². The summed E-state index contributed by atoms with van der Waals surface area (Å²) in [6.45, 7) is 5.95. The van der Waals surface area contributed by atoms with E-state index in [1.54, 1.807) is 0 Å². The van der Waals surface area contributed by atoms with Gasteiger partial charge in [0, 0.05) is 55.1 Å². The second-order valence-electron chi connectivity index (χ2n) is 10.6. The molecule has 0 aromatic heterocycles. The highest BCUT2D eigenvalue weighted by Gasteiger charge is 2.57. The van der Waals surface area contributed by atoms with E-state index >= 15 is 0 Å². The maximum Gasteiger partial charge on any atom is 0.303 e. The molecule has 0 aromatic carbocycles. The molecule has 2 fully saturated rings. The number of hydrogen-bond acceptors (Lipinski definition) is 19. The van der Waals surface area contributed by atoms with Gasteiger partial charge in [0.2, 0.25) is 0 Å². The zero-order valence-corrected chi connectivity index (χ0v) is 27.6. The van der Waals surface area contributed by atoms with E-state index in [2.05, 4.69) is 0 Å². The van der Waals surface area contributed by atoms with Gasteiger partial charge in [-0.25, -0.2) is 0 Å². The van der Waals surface area contributed by atoms with Crippen molar-refractivity contribution in [3.8, 4) is 0 Å². The quantitative estimate of drug-likeness (QED) is 0.123. The van der Waals surface area contributed by atoms with Crippen molar-refractivity contribution in [1.82, 2.24) is 0 Å². The van der Waals surface area contributed by atoms with Crippen LogP contribution >= 0.6 is 0 Å². The maximum atomic E-state index is 12.4. The fourth-order valence-electron chi connectivity index (χ4n) is 4.87. The molecule has 5 unspecified atom stereocenters. The number of esters is 7. The third-order valence-corrected chi connectivity index (χ3v) is 6.47. The summed E-state index contributed by atoms with van der Waals surface area (Å²) in [5, 5.41) is 9.23. The molecule has 10 atom stereocenters.